The molecule has 0 saturated carbocycles. The van der Waals surface area contributed by atoms with Crippen molar-refractivity contribution in [3.8, 4) is 0 Å². The van der Waals surface area contributed by atoms with Gasteiger partial charge in [-0.2, -0.15) is 0 Å². The van der Waals surface area contributed by atoms with Gasteiger partial charge in [-0.25, -0.2) is 0 Å². The first-order chi connectivity index (χ1) is 8.33. The number of amides is 1. The number of hydrogen-bond acceptors (Lipinski definition) is 2. The van der Waals surface area contributed by atoms with Crippen LogP contribution in [0, 0.1) is 11.8 Å². The van der Waals surface area contributed by atoms with E-state index in [-0.39, 0.29) is 11.9 Å². The fourth-order valence-corrected chi connectivity index (χ4v) is 2.13. The summed E-state index contributed by atoms with van der Waals surface area (Å²) in [6.07, 6.45) is 2.51. The second-order valence-electron chi connectivity index (χ2n) is 6.02. The highest BCUT2D eigenvalue weighted by Crippen LogP contribution is 2.15. The van der Waals surface area contributed by atoms with Crippen LogP contribution >= 0.6 is 0 Å². The quantitative estimate of drug-likeness (QED) is 0.725. The summed E-state index contributed by atoms with van der Waals surface area (Å²) in [5.41, 5.74) is 6.02. The van der Waals surface area contributed by atoms with Crippen molar-refractivity contribution in [1.29, 1.82) is 0 Å². The van der Waals surface area contributed by atoms with Crippen molar-refractivity contribution >= 4 is 5.91 Å². The lowest BCUT2D eigenvalue weighted by Gasteiger charge is -2.33. The Hall–Kier alpha value is -0.570. The van der Waals surface area contributed by atoms with Crippen molar-refractivity contribution in [2.24, 2.45) is 17.6 Å². The minimum atomic E-state index is -0.0264. The number of nitrogens with two attached hydrogens (primary N) is 1. The number of rotatable bonds is 8. The van der Waals surface area contributed by atoms with E-state index in [0.29, 0.717) is 24.3 Å². The summed E-state index contributed by atoms with van der Waals surface area (Å²) < 4.78 is 0. The molecule has 3 nitrogen and oxygen atoms in total. The maximum absolute atomic E-state index is 12.4. The first-order valence-electron chi connectivity index (χ1n) is 7.38. The molecule has 2 N–H and O–H groups in total. The highest BCUT2D eigenvalue weighted by Gasteiger charge is 2.24. The van der Waals surface area contributed by atoms with Gasteiger partial charge in [0.15, 0.2) is 0 Å². The van der Waals surface area contributed by atoms with Crippen LogP contribution in [-0.2, 0) is 4.79 Å². The zero-order chi connectivity index (χ0) is 14.3. The first-order valence-corrected chi connectivity index (χ1v) is 7.38. The third-order valence-corrected chi connectivity index (χ3v) is 3.53. The maximum atomic E-state index is 12.4. The van der Waals surface area contributed by atoms with E-state index in [4.69, 9.17) is 5.73 Å². The van der Waals surface area contributed by atoms with Crippen LogP contribution in [0.1, 0.15) is 60.8 Å². The van der Waals surface area contributed by atoms with Gasteiger partial charge in [0.05, 0.1) is 0 Å². The molecular weight excluding hydrogens is 224 g/mol. The summed E-state index contributed by atoms with van der Waals surface area (Å²) in [4.78, 5) is 14.4. The summed E-state index contributed by atoms with van der Waals surface area (Å²) in [5.74, 6) is 1.08. The topological polar surface area (TPSA) is 46.3 Å². The van der Waals surface area contributed by atoms with Gasteiger partial charge in [0.25, 0.3) is 0 Å². The molecule has 0 fully saturated rings. The van der Waals surface area contributed by atoms with Gasteiger partial charge in [-0.3, -0.25) is 4.79 Å². The molecule has 0 aliphatic rings. The number of hydrogen-bond donors (Lipinski definition) is 1. The van der Waals surface area contributed by atoms with Gasteiger partial charge in [0.1, 0.15) is 0 Å². The third kappa shape index (κ3) is 5.85. The molecule has 3 heteroatoms. The lowest BCUT2D eigenvalue weighted by Crippen LogP contribution is -2.45. The van der Waals surface area contributed by atoms with E-state index in [1.54, 1.807) is 0 Å². The Morgan fingerprint density at radius 2 is 1.61 bits per heavy atom. The van der Waals surface area contributed by atoms with Crippen molar-refractivity contribution in [1.82, 2.24) is 4.90 Å². The van der Waals surface area contributed by atoms with Crippen molar-refractivity contribution in [2.45, 2.75) is 72.9 Å². The van der Waals surface area contributed by atoms with E-state index in [1.807, 2.05) is 4.90 Å². The van der Waals surface area contributed by atoms with Crippen molar-refractivity contribution in [2.75, 3.05) is 6.54 Å². The largest absolute Gasteiger partial charge is 0.339 e. The second-order valence-corrected chi connectivity index (χ2v) is 6.02. The van der Waals surface area contributed by atoms with E-state index in [0.717, 1.165) is 19.4 Å². The van der Waals surface area contributed by atoms with E-state index < -0.39 is 0 Å². The molecule has 1 amide bonds. The molecule has 0 aromatic carbocycles. The number of carbonyl (C=O) groups excluding carboxylic acids is 1. The van der Waals surface area contributed by atoms with Gasteiger partial charge in [-0.05, 0) is 24.7 Å². The molecule has 0 heterocycles. The molecule has 0 aromatic rings. The van der Waals surface area contributed by atoms with Gasteiger partial charge in [-0.15, -0.1) is 0 Å². The summed E-state index contributed by atoms with van der Waals surface area (Å²) in [6, 6.07) is 0.334. The molecule has 18 heavy (non-hydrogen) atoms. The lowest BCUT2D eigenvalue weighted by molar-refractivity contribution is -0.135. The zero-order valence-electron chi connectivity index (χ0n) is 13.1. The molecule has 0 spiro atoms. The zero-order valence-corrected chi connectivity index (χ0v) is 13.1. The molecule has 0 saturated heterocycles. The van der Waals surface area contributed by atoms with Crippen LogP contribution in [-0.4, -0.2) is 29.4 Å². The van der Waals surface area contributed by atoms with E-state index in [9.17, 15) is 4.79 Å². The molecule has 0 aliphatic carbocycles. The van der Waals surface area contributed by atoms with Crippen LogP contribution in [0.15, 0.2) is 0 Å². The van der Waals surface area contributed by atoms with E-state index >= 15 is 0 Å². The predicted octanol–water partition coefficient (Wildman–Crippen LogP) is 3.03. The van der Waals surface area contributed by atoms with Crippen LogP contribution in [0.3, 0.4) is 0 Å². The summed E-state index contributed by atoms with van der Waals surface area (Å²) in [7, 11) is 0. The van der Waals surface area contributed by atoms with E-state index in [1.165, 1.54) is 0 Å². The standard InChI is InChI=1S/C15H32N2O/c1-7-13(8-2)17(10-11(3)4)15(18)9-14(16)12(5)6/h11-14H,7-10,16H2,1-6H3. The fraction of sp³-hybridized carbons (Fsp3) is 0.933. The van der Waals surface area contributed by atoms with Gasteiger partial charge < -0.3 is 10.6 Å². The normalized spacial score (nSPS) is 13.4. The Morgan fingerprint density at radius 1 is 1.11 bits per heavy atom. The summed E-state index contributed by atoms with van der Waals surface area (Å²) in [5, 5.41) is 0. The van der Waals surface area contributed by atoms with E-state index in [2.05, 4.69) is 41.5 Å². The average Bonchev–Trinajstić information content (AvgIpc) is 2.28. The van der Waals surface area contributed by atoms with Crippen LogP contribution in [0.2, 0.25) is 0 Å². The van der Waals surface area contributed by atoms with Gasteiger partial charge in [-0.1, -0.05) is 41.5 Å². The van der Waals surface area contributed by atoms with Crippen molar-refractivity contribution < 1.29 is 4.79 Å². The third-order valence-electron chi connectivity index (χ3n) is 3.53. The summed E-state index contributed by atoms with van der Waals surface area (Å²) in [6.45, 7) is 13.6. The molecule has 1 unspecified atom stereocenters. The molecule has 0 aromatic heterocycles. The second kappa shape index (κ2) is 8.52. The Bertz CT molecular complexity index is 235. The van der Waals surface area contributed by atoms with Crippen molar-refractivity contribution in [3.63, 3.8) is 0 Å². The molecule has 108 valence electrons. The van der Waals surface area contributed by atoms with Crippen LogP contribution < -0.4 is 5.73 Å². The maximum Gasteiger partial charge on any atom is 0.224 e. The van der Waals surface area contributed by atoms with Crippen molar-refractivity contribution in [3.05, 3.63) is 0 Å². The minimum Gasteiger partial charge on any atom is -0.339 e. The Morgan fingerprint density at radius 3 is 1.94 bits per heavy atom. The molecule has 0 bridgehead atoms. The smallest absolute Gasteiger partial charge is 0.224 e. The monoisotopic (exact) mass is 256 g/mol. The predicted molar refractivity (Wildman–Crippen MR) is 78.4 cm³/mol. The Labute approximate surface area is 113 Å². The fourth-order valence-electron chi connectivity index (χ4n) is 2.13. The Kier molecular flexibility index (Phi) is 8.25. The molecular formula is C15H32N2O. The number of nitrogens with zero attached hydrogens (tertiary/aromatic N) is 1. The minimum absolute atomic E-state index is 0.0264. The Balaban J connectivity index is 4.68. The van der Waals surface area contributed by atoms with Gasteiger partial charge in [0, 0.05) is 25.0 Å². The molecule has 1 atom stereocenters. The highest BCUT2D eigenvalue weighted by molar-refractivity contribution is 5.77. The SMILES string of the molecule is CCC(CC)N(CC(C)C)C(=O)CC(N)C(C)C. The van der Waals surface area contributed by atoms with Crippen LogP contribution in [0.4, 0.5) is 0 Å². The lowest BCUT2D eigenvalue weighted by atomic mass is 9.99. The number of carbonyl (C=O) groups is 1. The molecule has 0 aliphatic heterocycles. The van der Waals surface area contributed by atoms with Crippen LogP contribution in [0.5, 0.6) is 0 Å². The average molecular weight is 256 g/mol. The highest BCUT2D eigenvalue weighted by atomic mass is 16.2. The molecule has 0 radical (unpaired) electrons. The van der Waals surface area contributed by atoms with Crippen LogP contribution in [0.25, 0.3) is 0 Å². The summed E-state index contributed by atoms with van der Waals surface area (Å²) >= 11 is 0. The first kappa shape index (κ1) is 17.4. The van der Waals surface area contributed by atoms with Gasteiger partial charge >= 0.3 is 0 Å². The molecule has 0 rings (SSSR count). The van der Waals surface area contributed by atoms with Gasteiger partial charge in [0.2, 0.25) is 5.91 Å².